The van der Waals surface area contributed by atoms with Crippen LogP contribution >= 0.6 is 10.7 Å². The quantitative estimate of drug-likeness (QED) is 0.613. The second kappa shape index (κ2) is 7.70. The number of amides is 1. The molecule has 0 heterocycles. The van der Waals surface area contributed by atoms with E-state index in [1.807, 2.05) is 6.92 Å². The van der Waals surface area contributed by atoms with Crippen molar-refractivity contribution in [2.45, 2.75) is 37.5 Å². The summed E-state index contributed by atoms with van der Waals surface area (Å²) in [7, 11) is 0.644. The van der Waals surface area contributed by atoms with E-state index in [9.17, 15) is 22.0 Å². The first-order valence-electron chi connectivity index (χ1n) is 6.49. The minimum Gasteiger partial charge on any atom is -0.352 e. The third kappa shape index (κ3) is 5.24. The largest absolute Gasteiger partial charge is 0.352 e. The van der Waals surface area contributed by atoms with Crippen LogP contribution in [0.25, 0.3) is 0 Å². The van der Waals surface area contributed by atoms with Gasteiger partial charge < -0.3 is 5.32 Å². The van der Waals surface area contributed by atoms with Crippen LogP contribution < -0.4 is 5.32 Å². The third-order valence-corrected chi connectivity index (χ3v) is 4.18. The lowest BCUT2D eigenvalue weighted by molar-refractivity contribution is 0.0948. The van der Waals surface area contributed by atoms with Gasteiger partial charge in [-0.15, -0.1) is 0 Å². The molecule has 1 aromatic rings. The van der Waals surface area contributed by atoms with Crippen molar-refractivity contribution in [1.82, 2.24) is 5.32 Å². The molecule has 0 aliphatic rings. The average Bonchev–Trinajstić information content (AvgIpc) is 2.36. The second-order valence-electron chi connectivity index (χ2n) is 4.52. The molecule has 0 atom stereocenters. The summed E-state index contributed by atoms with van der Waals surface area (Å²) in [5.41, 5.74) is -0.550. The highest BCUT2D eigenvalue weighted by Gasteiger charge is 2.22. The van der Waals surface area contributed by atoms with Crippen molar-refractivity contribution >= 4 is 25.6 Å². The molecule has 0 aliphatic carbocycles. The predicted molar refractivity (Wildman–Crippen MR) is 75.9 cm³/mol. The first kappa shape index (κ1) is 17.8. The minimum atomic E-state index is -4.39. The molecular weight excluding hydrogens is 324 g/mol. The number of rotatable bonds is 7. The number of halogens is 3. The van der Waals surface area contributed by atoms with Crippen LogP contribution in [0.3, 0.4) is 0 Å². The lowest BCUT2D eigenvalue weighted by Crippen LogP contribution is -2.25. The van der Waals surface area contributed by atoms with E-state index >= 15 is 0 Å². The maximum absolute atomic E-state index is 13.6. The number of hydrogen-bond donors (Lipinski definition) is 1. The van der Waals surface area contributed by atoms with Gasteiger partial charge in [0, 0.05) is 23.3 Å². The number of hydrogen-bond acceptors (Lipinski definition) is 3. The topological polar surface area (TPSA) is 63.2 Å². The highest BCUT2D eigenvalue weighted by Crippen LogP contribution is 2.22. The molecule has 0 radical (unpaired) electrons. The van der Waals surface area contributed by atoms with Gasteiger partial charge >= 0.3 is 0 Å². The van der Waals surface area contributed by atoms with Crippen LogP contribution in [0, 0.1) is 11.6 Å². The Balaban J connectivity index is 2.85. The lowest BCUT2D eigenvalue weighted by Gasteiger charge is -2.08. The zero-order valence-corrected chi connectivity index (χ0v) is 13.0. The van der Waals surface area contributed by atoms with Crippen molar-refractivity contribution in [2.24, 2.45) is 0 Å². The molecule has 0 saturated heterocycles. The van der Waals surface area contributed by atoms with Crippen LogP contribution in [-0.4, -0.2) is 20.9 Å². The van der Waals surface area contributed by atoms with Gasteiger partial charge in [-0.1, -0.05) is 26.2 Å². The number of carbonyl (C=O) groups is 1. The van der Waals surface area contributed by atoms with Gasteiger partial charge in [-0.3, -0.25) is 4.79 Å². The van der Waals surface area contributed by atoms with E-state index < -0.39 is 37.1 Å². The van der Waals surface area contributed by atoms with E-state index in [4.69, 9.17) is 10.7 Å². The smallest absolute Gasteiger partial charge is 0.264 e. The normalized spacial score (nSPS) is 11.4. The third-order valence-electron chi connectivity index (χ3n) is 2.84. The number of nitrogens with one attached hydrogen (secondary N) is 1. The molecule has 4 nitrogen and oxygen atoms in total. The number of carbonyl (C=O) groups excluding carboxylic acids is 1. The number of benzene rings is 1. The summed E-state index contributed by atoms with van der Waals surface area (Å²) in [4.78, 5) is 10.9. The summed E-state index contributed by atoms with van der Waals surface area (Å²) in [6.07, 6.45) is 3.71. The Labute approximate surface area is 126 Å². The first-order valence-corrected chi connectivity index (χ1v) is 8.80. The monoisotopic (exact) mass is 339 g/mol. The van der Waals surface area contributed by atoms with E-state index in [0.29, 0.717) is 18.7 Å². The van der Waals surface area contributed by atoms with E-state index in [2.05, 4.69) is 5.32 Å². The minimum absolute atomic E-state index is 0.332. The Bertz CT molecular complexity index is 620. The van der Waals surface area contributed by atoms with Crippen LogP contribution in [0.15, 0.2) is 17.0 Å². The SMILES string of the molecule is CCCCCCNC(=O)c1cc(S(=O)(=O)Cl)c(F)cc1F. The molecule has 1 rings (SSSR count). The maximum Gasteiger partial charge on any atom is 0.264 e. The van der Waals surface area contributed by atoms with Gasteiger partial charge in [-0.2, -0.15) is 0 Å². The standard InChI is InChI=1S/C13H16ClF2NO3S/c1-2-3-4-5-6-17-13(18)9-7-12(21(14,19)20)11(16)8-10(9)15/h7-8H,2-6H2,1H3,(H,17,18). The average molecular weight is 340 g/mol. The van der Waals surface area contributed by atoms with Crippen LogP contribution in [0.1, 0.15) is 43.0 Å². The van der Waals surface area contributed by atoms with E-state index in [-0.39, 0.29) is 0 Å². The first-order chi connectivity index (χ1) is 9.77. The van der Waals surface area contributed by atoms with Crippen molar-refractivity contribution in [3.63, 3.8) is 0 Å². The molecule has 21 heavy (non-hydrogen) atoms. The fourth-order valence-electron chi connectivity index (χ4n) is 1.74. The maximum atomic E-state index is 13.6. The molecular formula is C13H16ClF2NO3S. The number of unbranched alkanes of at least 4 members (excludes halogenated alkanes) is 3. The second-order valence-corrected chi connectivity index (χ2v) is 7.05. The summed E-state index contributed by atoms with van der Waals surface area (Å²) < 4.78 is 49.2. The lowest BCUT2D eigenvalue weighted by atomic mass is 10.1. The van der Waals surface area contributed by atoms with Crippen LogP contribution in [0.5, 0.6) is 0 Å². The Morgan fingerprint density at radius 1 is 1.19 bits per heavy atom. The summed E-state index contributed by atoms with van der Waals surface area (Å²) in [6.45, 7) is 2.37. The predicted octanol–water partition coefficient (Wildman–Crippen LogP) is 3.20. The van der Waals surface area contributed by atoms with Crippen molar-refractivity contribution in [1.29, 1.82) is 0 Å². The molecule has 0 aliphatic heterocycles. The molecule has 0 unspecified atom stereocenters. The van der Waals surface area contributed by atoms with Gasteiger partial charge in [-0.25, -0.2) is 17.2 Å². The van der Waals surface area contributed by atoms with Gasteiger partial charge in [0.05, 0.1) is 5.56 Å². The van der Waals surface area contributed by atoms with E-state index in [1.165, 1.54) is 0 Å². The summed E-state index contributed by atoms with van der Waals surface area (Å²) in [5, 5.41) is 2.46. The summed E-state index contributed by atoms with van der Waals surface area (Å²) in [6, 6.07) is 0.940. The van der Waals surface area contributed by atoms with Crippen molar-refractivity contribution in [3.05, 3.63) is 29.3 Å². The van der Waals surface area contributed by atoms with Gasteiger partial charge in [0.2, 0.25) is 0 Å². The summed E-state index contributed by atoms with van der Waals surface area (Å²) >= 11 is 0. The van der Waals surface area contributed by atoms with Gasteiger partial charge in [0.1, 0.15) is 16.5 Å². The Kier molecular flexibility index (Phi) is 6.54. The summed E-state index contributed by atoms with van der Waals surface area (Å²) in [5.74, 6) is -3.27. The molecule has 8 heteroatoms. The molecule has 0 aromatic heterocycles. The molecule has 118 valence electrons. The molecule has 0 spiro atoms. The van der Waals surface area contributed by atoms with Crippen LogP contribution in [-0.2, 0) is 9.05 Å². The molecule has 0 fully saturated rings. The van der Waals surface area contributed by atoms with Crippen LogP contribution in [0.2, 0.25) is 0 Å². The van der Waals surface area contributed by atoms with E-state index in [0.717, 1.165) is 25.7 Å². The van der Waals surface area contributed by atoms with Crippen molar-refractivity contribution < 1.29 is 22.0 Å². The van der Waals surface area contributed by atoms with Crippen molar-refractivity contribution in [3.8, 4) is 0 Å². The zero-order chi connectivity index (χ0) is 16.0. The van der Waals surface area contributed by atoms with Gasteiger partial charge in [0.25, 0.3) is 15.0 Å². The fourth-order valence-corrected chi connectivity index (χ4v) is 2.64. The molecule has 1 amide bonds. The highest BCUT2D eigenvalue weighted by molar-refractivity contribution is 8.13. The van der Waals surface area contributed by atoms with Crippen molar-refractivity contribution in [2.75, 3.05) is 6.54 Å². The molecule has 1 aromatic carbocycles. The Morgan fingerprint density at radius 2 is 1.86 bits per heavy atom. The molecule has 1 N–H and O–H groups in total. The molecule has 0 bridgehead atoms. The zero-order valence-electron chi connectivity index (χ0n) is 11.5. The fraction of sp³-hybridized carbons (Fsp3) is 0.462. The van der Waals surface area contributed by atoms with E-state index in [1.54, 1.807) is 0 Å². The van der Waals surface area contributed by atoms with Crippen LogP contribution in [0.4, 0.5) is 8.78 Å². The van der Waals surface area contributed by atoms with Gasteiger partial charge in [-0.05, 0) is 12.5 Å². The van der Waals surface area contributed by atoms with Gasteiger partial charge in [0.15, 0.2) is 0 Å². The highest BCUT2D eigenvalue weighted by atomic mass is 35.7. The molecule has 0 saturated carbocycles. The Morgan fingerprint density at radius 3 is 2.43 bits per heavy atom. The Hall–Kier alpha value is -1.21.